The number of rotatable bonds is 3. The van der Waals surface area contributed by atoms with Crippen molar-refractivity contribution in [3.63, 3.8) is 0 Å². The lowest BCUT2D eigenvalue weighted by molar-refractivity contribution is 0.164. The molecule has 1 aliphatic rings. The summed E-state index contributed by atoms with van der Waals surface area (Å²) in [4.78, 5) is 0. The van der Waals surface area contributed by atoms with Gasteiger partial charge in [0.05, 0.1) is 12.7 Å². The molecule has 1 aromatic carbocycles. The number of aliphatic hydroxyl groups is 1. The number of benzene rings is 1. The van der Waals surface area contributed by atoms with Gasteiger partial charge >= 0.3 is 0 Å². The number of aliphatic hydroxyl groups excluding tert-OH is 1. The summed E-state index contributed by atoms with van der Waals surface area (Å²) >= 11 is 0. The average molecular weight is 372 g/mol. The van der Waals surface area contributed by atoms with Crippen molar-refractivity contribution in [2.45, 2.75) is 70.9 Å². The van der Waals surface area contributed by atoms with E-state index in [9.17, 15) is 5.11 Å². The third kappa shape index (κ3) is 3.68. The predicted molar refractivity (Wildman–Crippen MR) is 113 cm³/mol. The number of aryl methyl sites for hydroxylation is 1. The van der Waals surface area contributed by atoms with Crippen molar-refractivity contribution >= 4 is 25.3 Å². The van der Waals surface area contributed by atoms with E-state index in [0.29, 0.717) is 6.61 Å². The molecule has 0 amide bonds. The number of allylic oxidation sites excluding steroid dienone is 1. The maximum Gasteiger partial charge on any atom is 0.192 e. The van der Waals surface area contributed by atoms with Gasteiger partial charge in [-0.25, -0.2) is 0 Å². The molecule has 0 radical (unpaired) electrons. The first-order valence-electron chi connectivity index (χ1n) is 9.71. The molecular weight excluding hydrogens is 338 g/mol. The fraction of sp³-hybridized carbons (Fsp3) is 0.545. The number of aromatic nitrogens is 1. The summed E-state index contributed by atoms with van der Waals surface area (Å²) in [6.07, 6.45) is 6.92. The van der Waals surface area contributed by atoms with E-state index < -0.39 is 8.32 Å². The lowest BCUT2D eigenvalue weighted by Gasteiger charge is -2.36. The minimum Gasteiger partial charge on any atom is -0.411 e. The van der Waals surface area contributed by atoms with E-state index in [-0.39, 0.29) is 11.1 Å². The van der Waals surface area contributed by atoms with Gasteiger partial charge in [-0.15, -0.1) is 0 Å². The Morgan fingerprint density at radius 3 is 2.65 bits per heavy atom. The van der Waals surface area contributed by atoms with Crippen LogP contribution < -0.4 is 0 Å². The van der Waals surface area contributed by atoms with Gasteiger partial charge in [0.1, 0.15) is 0 Å². The molecule has 1 atom stereocenters. The Bertz CT molecular complexity index is 827. The summed E-state index contributed by atoms with van der Waals surface area (Å²) in [6.45, 7) is 12.0. The molecule has 1 heterocycles. The zero-order valence-electron chi connectivity index (χ0n) is 17.1. The lowest BCUT2D eigenvalue weighted by atomic mass is 9.94. The zero-order valence-corrected chi connectivity index (χ0v) is 18.1. The molecule has 142 valence electrons. The zero-order chi connectivity index (χ0) is 19.1. The van der Waals surface area contributed by atoms with Gasteiger partial charge in [-0.3, -0.25) is 0 Å². The average Bonchev–Trinajstić information content (AvgIpc) is 2.85. The minimum atomic E-state index is -1.77. The SMILES string of the molecule is Cn1c(CO[Si](C)(C)C(C)(C)C)cc2cc3c(cc21)/C=C\CCCC3O. The molecule has 0 saturated heterocycles. The Balaban J connectivity index is 1.96. The molecule has 0 aliphatic heterocycles. The largest absolute Gasteiger partial charge is 0.411 e. The quantitative estimate of drug-likeness (QED) is 0.678. The molecule has 0 fully saturated rings. The highest BCUT2D eigenvalue weighted by Gasteiger charge is 2.37. The van der Waals surface area contributed by atoms with E-state index in [1.165, 1.54) is 16.6 Å². The Kier molecular flexibility index (Phi) is 5.21. The second-order valence-corrected chi connectivity index (χ2v) is 13.9. The van der Waals surface area contributed by atoms with Crippen LogP contribution in [0.2, 0.25) is 18.1 Å². The normalized spacial score (nSPS) is 19.9. The second-order valence-electron chi connectivity index (χ2n) is 9.13. The molecule has 1 aliphatic carbocycles. The Morgan fingerprint density at radius 2 is 1.96 bits per heavy atom. The summed E-state index contributed by atoms with van der Waals surface area (Å²) in [5.41, 5.74) is 4.59. The molecule has 1 aromatic heterocycles. The van der Waals surface area contributed by atoms with Crippen LogP contribution in [-0.4, -0.2) is 18.0 Å². The first-order chi connectivity index (χ1) is 12.1. The van der Waals surface area contributed by atoms with Gasteiger partial charge < -0.3 is 14.1 Å². The van der Waals surface area contributed by atoms with Crippen molar-refractivity contribution in [1.29, 1.82) is 0 Å². The topological polar surface area (TPSA) is 34.4 Å². The van der Waals surface area contributed by atoms with Crippen LogP contribution in [0.15, 0.2) is 24.3 Å². The Morgan fingerprint density at radius 1 is 1.23 bits per heavy atom. The predicted octanol–water partition coefficient (Wildman–Crippen LogP) is 5.93. The maximum absolute atomic E-state index is 10.5. The second kappa shape index (κ2) is 6.99. The van der Waals surface area contributed by atoms with Gasteiger partial charge in [-0.05, 0) is 66.7 Å². The van der Waals surface area contributed by atoms with E-state index in [0.717, 1.165) is 30.4 Å². The highest BCUT2D eigenvalue weighted by atomic mass is 28.4. The molecule has 26 heavy (non-hydrogen) atoms. The molecule has 3 nitrogen and oxygen atoms in total. The Labute approximate surface area is 158 Å². The summed E-state index contributed by atoms with van der Waals surface area (Å²) in [5, 5.41) is 11.9. The molecule has 1 unspecified atom stereocenters. The van der Waals surface area contributed by atoms with Gasteiger partial charge in [0.2, 0.25) is 0 Å². The van der Waals surface area contributed by atoms with Crippen LogP contribution in [-0.2, 0) is 18.1 Å². The van der Waals surface area contributed by atoms with Gasteiger partial charge in [-0.2, -0.15) is 0 Å². The van der Waals surface area contributed by atoms with Crippen LogP contribution in [0.5, 0.6) is 0 Å². The van der Waals surface area contributed by atoms with Crippen molar-refractivity contribution in [2.75, 3.05) is 0 Å². The van der Waals surface area contributed by atoms with Crippen molar-refractivity contribution in [1.82, 2.24) is 4.57 Å². The summed E-state index contributed by atoms with van der Waals surface area (Å²) in [5.74, 6) is 0. The first-order valence-corrected chi connectivity index (χ1v) is 12.6. The van der Waals surface area contributed by atoms with Crippen molar-refractivity contribution in [3.8, 4) is 0 Å². The van der Waals surface area contributed by atoms with E-state index in [1.54, 1.807) is 0 Å². The van der Waals surface area contributed by atoms with Gasteiger partial charge in [0.25, 0.3) is 0 Å². The van der Waals surface area contributed by atoms with Gasteiger partial charge in [0, 0.05) is 23.6 Å². The minimum absolute atomic E-state index is 0.210. The highest BCUT2D eigenvalue weighted by Crippen LogP contribution is 2.37. The van der Waals surface area contributed by atoms with Crippen LogP contribution in [0.1, 0.15) is 63.0 Å². The van der Waals surface area contributed by atoms with Crippen LogP contribution in [0, 0.1) is 0 Å². The third-order valence-corrected chi connectivity index (χ3v) is 10.7. The van der Waals surface area contributed by atoms with Crippen LogP contribution >= 0.6 is 0 Å². The standard InChI is InChI=1S/C22H33NO2Si/c1-22(2,3)26(5,6)25-15-18-12-17-13-19-16(14-20(17)23(18)4)10-8-7-9-11-21(19)24/h8,10,12-14,21,24H,7,9,11,15H2,1-6H3/b10-8-. The highest BCUT2D eigenvalue weighted by molar-refractivity contribution is 6.74. The molecule has 1 N–H and O–H groups in total. The van der Waals surface area contributed by atoms with E-state index >= 15 is 0 Å². The molecular formula is C22H33NO2Si. The summed E-state index contributed by atoms with van der Waals surface area (Å²) in [6, 6.07) is 6.60. The van der Waals surface area contributed by atoms with Crippen LogP contribution in [0.25, 0.3) is 17.0 Å². The fourth-order valence-electron chi connectivity index (χ4n) is 3.31. The van der Waals surface area contributed by atoms with E-state index in [4.69, 9.17) is 4.43 Å². The van der Waals surface area contributed by atoms with Crippen molar-refractivity contribution in [2.24, 2.45) is 7.05 Å². The molecule has 4 heteroatoms. The molecule has 0 bridgehead atoms. The molecule has 0 saturated carbocycles. The molecule has 2 aromatic rings. The summed E-state index contributed by atoms with van der Waals surface area (Å²) < 4.78 is 8.67. The van der Waals surface area contributed by atoms with Gasteiger partial charge in [-0.1, -0.05) is 32.9 Å². The number of nitrogens with zero attached hydrogens (tertiary/aromatic N) is 1. The maximum atomic E-state index is 10.5. The molecule has 0 spiro atoms. The Hall–Kier alpha value is -1.36. The fourth-order valence-corrected chi connectivity index (χ4v) is 4.25. The van der Waals surface area contributed by atoms with Crippen molar-refractivity contribution < 1.29 is 9.53 Å². The van der Waals surface area contributed by atoms with Crippen molar-refractivity contribution in [3.05, 3.63) is 41.1 Å². The van der Waals surface area contributed by atoms with Gasteiger partial charge in [0.15, 0.2) is 8.32 Å². The lowest BCUT2D eigenvalue weighted by Crippen LogP contribution is -2.40. The van der Waals surface area contributed by atoms with Crippen LogP contribution in [0.4, 0.5) is 0 Å². The third-order valence-electron chi connectivity index (χ3n) is 6.24. The number of hydrogen-bond acceptors (Lipinski definition) is 2. The monoisotopic (exact) mass is 371 g/mol. The summed E-state index contributed by atoms with van der Waals surface area (Å²) in [7, 11) is 0.339. The number of hydrogen-bond donors (Lipinski definition) is 1. The van der Waals surface area contributed by atoms with Crippen LogP contribution in [0.3, 0.4) is 0 Å². The first kappa shape index (κ1) is 19.4. The van der Waals surface area contributed by atoms with E-state index in [1.807, 2.05) is 0 Å². The number of fused-ring (bicyclic) bond motifs is 2. The van der Waals surface area contributed by atoms with E-state index in [2.05, 4.69) is 75.8 Å². The smallest absolute Gasteiger partial charge is 0.192 e. The molecule has 3 rings (SSSR count).